The van der Waals surface area contributed by atoms with Gasteiger partial charge in [-0.15, -0.1) is 0 Å². The highest BCUT2D eigenvalue weighted by Gasteiger charge is 2.16. The molecular weight excluding hydrogens is 344 g/mol. The number of thiocarbonyl (C=S) groups is 1. The Balaban J connectivity index is 1.69. The second-order valence-corrected chi connectivity index (χ2v) is 7.15. The summed E-state index contributed by atoms with van der Waals surface area (Å²) in [6.45, 7) is 2.63. The third kappa shape index (κ3) is 5.56. The Morgan fingerprint density at radius 1 is 1.25 bits per heavy atom. The van der Waals surface area contributed by atoms with Crippen LogP contribution in [0.5, 0.6) is 11.5 Å². The standard InChI is InChI=1S/C17H24N2O3S2/c1-21-14-6-5-13(11-15(14)22-2)7-8-18-16(20)12-24-17(23)19-9-3-4-10-19/h5-6,11H,3-4,7-10,12H2,1-2H3,(H,18,20). The van der Waals surface area contributed by atoms with E-state index < -0.39 is 0 Å². The van der Waals surface area contributed by atoms with Gasteiger partial charge < -0.3 is 19.7 Å². The van der Waals surface area contributed by atoms with Crippen LogP contribution in [0.1, 0.15) is 18.4 Å². The number of methoxy groups -OCH3 is 2. The van der Waals surface area contributed by atoms with Crippen LogP contribution in [0.15, 0.2) is 18.2 Å². The predicted octanol–water partition coefficient (Wildman–Crippen LogP) is 2.48. The van der Waals surface area contributed by atoms with E-state index in [4.69, 9.17) is 21.7 Å². The molecule has 1 aromatic carbocycles. The van der Waals surface area contributed by atoms with Crippen LogP contribution >= 0.6 is 24.0 Å². The molecule has 0 atom stereocenters. The Hall–Kier alpha value is -1.47. The zero-order valence-corrected chi connectivity index (χ0v) is 15.8. The molecule has 1 amide bonds. The lowest BCUT2D eigenvalue weighted by Gasteiger charge is -2.17. The molecule has 5 nitrogen and oxygen atoms in total. The van der Waals surface area contributed by atoms with Crippen molar-refractivity contribution in [3.63, 3.8) is 0 Å². The van der Waals surface area contributed by atoms with E-state index in [1.54, 1.807) is 14.2 Å². The lowest BCUT2D eigenvalue weighted by atomic mass is 10.1. The summed E-state index contributed by atoms with van der Waals surface area (Å²) in [7, 11) is 3.23. The number of hydrogen-bond donors (Lipinski definition) is 1. The van der Waals surface area contributed by atoms with E-state index in [9.17, 15) is 4.79 Å². The fourth-order valence-corrected chi connectivity index (χ4v) is 3.63. The molecule has 0 aromatic heterocycles. The molecule has 2 rings (SSSR count). The molecule has 0 aliphatic carbocycles. The minimum Gasteiger partial charge on any atom is -0.493 e. The summed E-state index contributed by atoms with van der Waals surface area (Å²) in [5.41, 5.74) is 1.09. The predicted molar refractivity (Wildman–Crippen MR) is 102 cm³/mol. The first-order valence-electron chi connectivity index (χ1n) is 8.03. The first kappa shape index (κ1) is 18.9. The fraction of sp³-hybridized carbons (Fsp3) is 0.529. The summed E-state index contributed by atoms with van der Waals surface area (Å²) in [5.74, 6) is 1.80. The molecule has 1 heterocycles. The molecule has 1 aliphatic heterocycles. The average Bonchev–Trinajstić information content (AvgIpc) is 3.14. The van der Waals surface area contributed by atoms with Crippen molar-refractivity contribution >= 4 is 34.2 Å². The molecule has 1 N–H and O–H groups in total. The zero-order valence-electron chi connectivity index (χ0n) is 14.2. The second kappa shape index (κ2) is 9.74. The maximum atomic E-state index is 11.9. The number of nitrogens with one attached hydrogen (secondary N) is 1. The molecule has 0 saturated carbocycles. The van der Waals surface area contributed by atoms with Crippen molar-refractivity contribution in [1.82, 2.24) is 10.2 Å². The quantitative estimate of drug-likeness (QED) is 0.746. The SMILES string of the molecule is COc1ccc(CCNC(=O)CSC(=S)N2CCCC2)cc1OC. The first-order valence-corrected chi connectivity index (χ1v) is 9.42. The molecule has 24 heavy (non-hydrogen) atoms. The summed E-state index contributed by atoms with van der Waals surface area (Å²) in [4.78, 5) is 14.1. The van der Waals surface area contributed by atoms with Crippen LogP contribution in [-0.2, 0) is 11.2 Å². The molecule has 7 heteroatoms. The van der Waals surface area contributed by atoms with Crippen molar-refractivity contribution in [1.29, 1.82) is 0 Å². The topological polar surface area (TPSA) is 50.8 Å². The molecule has 1 aliphatic rings. The van der Waals surface area contributed by atoms with Gasteiger partial charge in [0.2, 0.25) is 5.91 Å². The summed E-state index contributed by atoms with van der Waals surface area (Å²) < 4.78 is 11.3. The average molecular weight is 369 g/mol. The lowest BCUT2D eigenvalue weighted by molar-refractivity contribution is -0.118. The Kier molecular flexibility index (Phi) is 7.65. The van der Waals surface area contributed by atoms with E-state index in [1.807, 2.05) is 18.2 Å². The van der Waals surface area contributed by atoms with Gasteiger partial charge in [-0.1, -0.05) is 30.0 Å². The van der Waals surface area contributed by atoms with Gasteiger partial charge in [-0.2, -0.15) is 0 Å². The van der Waals surface area contributed by atoms with E-state index in [1.165, 1.54) is 24.6 Å². The number of nitrogens with zero attached hydrogens (tertiary/aromatic N) is 1. The largest absolute Gasteiger partial charge is 0.493 e. The molecule has 0 bridgehead atoms. The van der Waals surface area contributed by atoms with Gasteiger partial charge in [0.1, 0.15) is 4.32 Å². The van der Waals surface area contributed by atoms with Crippen molar-refractivity contribution < 1.29 is 14.3 Å². The highest BCUT2D eigenvalue weighted by atomic mass is 32.2. The van der Waals surface area contributed by atoms with Crippen molar-refractivity contribution in [3.05, 3.63) is 23.8 Å². The number of rotatable bonds is 7. The Morgan fingerprint density at radius 3 is 2.62 bits per heavy atom. The summed E-state index contributed by atoms with van der Waals surface area (Å²) in [6.07, 6.45) is 3.13. The van der Waals surface area contributed by atoms with E-state index in [0.717, 1.165) is 29.4 Å². The Morgan fingerprint density at radius 2 is 1.96 bits per heavy atom. The van der Waals surface area contributed by atoms with Crippen LogP contribution in [0.25, 0.3) is 0 Å². The van der Waals surface area contributed by atoms with E-state index in [-0.39, 0.29) is 5.91 Å². The fourth-order valence-electron chi connectivity index (χ4n) is 2.55. The van der Waals surface area contributed by atoms with Gasteiger partial charge in [-0.3, -0.25) is 4.79 Å². The molecule has 0 spiro atoms. The summed E-state index contributed by atoms with van der Waals surface area (Å²) >= 11 is 6.80. The number of benzene rings is 1. The summed E-state index contributed by atoms with van der Waals surface area (Å²) in [5, 5.41) is 2.93. The number of ether oxygens (including phenoxy) is 2. The van der Waals surface area contributed by atoms with Crippen LogP contribution in [0.3, 0.4) is 0 Å². The number of carbonyl (C=O) groups is 1. The van der Waals surface area contributed by atoms with Crippen molar-refractivity contribution in [2.75, 3.05) is 39.6 Å². The third-order valence-corrected chi connectivity index (χ3v) is 5.40. The second-order valence-electron chi connectivity index (χ2n) is 5.54. The minimum absolute atomic E-state index is 0.0158. The Bertz CT molecular complexity index is 575. The smallest absolute Gasteiger partial charge is 0.230 e. The monoisotopic (exact) mass is 368 g/mol. The van der Waals surface area contributed by atoms with Crippen LogP contribution in [0, 0.1) is 0 Å². The van der Waals surface area contributed by atoms with Crippen LogP contribution in [0.4, 0.5) is 0 Å². The number of amides is 1. The van der Waals surface area contributed by atoms with Crippen LogP contribution < -0.4 is 14.8 Å². The maximum absolute atomic E-state index is 11.9. The molecule has 1 aromatic rings. The molecule has 132 valence electrons. The van der Waals surface area contributed by atoms with E-state index >= 15 is 0 Å². The van der Waals surface area contributed by atoms with Crippen molar-refractivity contribution in [2.24, 2.45) is 0 Å². The van der Waals surface area contributed by atoms with E-state index in [2.05, 4.69) is 10.2 Å². The van der Waals surface area contributed by atoms with Crippen LogP contribution in [-0.4, -0.2) is 54.7 Å². The Labute approximate surface area is 153 Å². The number of hydrogen-bond acceptors (Lipinski definition) is 5. The summed E-state index contributed by atoms with van der Waals surface area (Å²) in [6, 6.07) is 5.79. The lowest BCUT2D eigenvalue weighted by Crippen LogP contribution is -2.30. The van der Waals surface area contributed by atoms with Gasteiger partial charge in [0, 0.05) is 19.6 Å². The zero-order chi connectivity index (χ0) is 17.4. The van der Waals surface area contributed by atoms with Crippen LogP contribution in [0.2, 0.25) is 0 Å². The number of likely N-dealkylation sites (tertiary alicyclic amines) is 1. The van der Waals surface area contributed by atoms with Gasteiger partial charge in [0.25, 0.3) is 0 Å². The highest BCUT2D eigenvalue weighted by Crippen LogP contribution is 2.27. The van der Waals surface area contributed by atoms with E-state index in [0.29, 0.717) is 23.8 Å². The van der Waals surface area contributed by atoms with Gasteiger partial charge in [-0.25, -0.2) is 0 Å². The normalized spacial score (nSPS) is 13.7. The van der Waals surface area contributed by atoms with Crippen molar-refractivity contribution in [2.45, 2.75) is 19.3 Å². The number of carbonyl (C=O) groups excluding carboxylic acids is 1. The molecule has 0 unspecified atom stereocenters. The van der Waals surface area contributed by atoms with Gasteiger partial charge in [0.05, 0.1) is 20.0 Å². The van der Waals surface area contributed by atoms with Gasteiger partial charge >= 0.3 is 0 Å². The van der Waals surface area contributed by atoms with Gasteiger partial charge in [-0.05, 0) is 37.0 Å². The molecular formula is C17H24N2O3S2. The van der Waals surface area contributed by atoms with Gasteiger partial charge in [0.15, 0.2) is 11.5 Å². The third-order valence-electron chi connectivity index (χ3n) is 3.87. The number of thioether (sulfide) groups is 1. The highest BCUT2D eigenvalue weighted by molar-refractivity contribution is 8.23. The maximum Gasteiger partial charge on any atom is 0.230 e. The van der Waals surface area contributed by atoms with Crippen molar-refractivity contribution in [3.8, 4) is 11.5 Å². The molecule has 1 fully saturated rings. The first-order chi connectivity index (χ1) is 11.6. The molecule has 1 saturated heterocycles. The molecule has 0 radical (unpaired) electrons. The minimum atomic E-state index is 0.0158.